The lowest BCUT2D eigenvalue weighted by Gasteiger charge is -2.64. The predicted octanol–water partition coefficient (Wildman–Crippen LogP) is 4.95. The molecule has 6 heteroatoms. The van der Waals surface area contributed by atoms with Crippen LogP contribution in [0.2, 0.25) is 5.02 Å². The van der Waals surface area contributed by atoms with Gasteiger partial charge in [-0.25, -0.2) is 0 Å². The summed E-state index contributed by atoms with van der Waals surface area (Å²) in [6.45, 7) is 1.83. The number of hydrogen-bond donors (Lipinski definition) is 2. The topological polar surface area (TPSA) is 56.2 Å². The fourth-order valence-corrected chi connectivity index (χ4v) is 8.18. The van der Waals surface area contributed by atoms with Crippen LogP contribution in [0.3, 0.4) is 0 Å². The molecule has 5 nitrogen and oxygen atoms in total. The molecule has 1 saturated heterocycles. The SMILES string of the molecule is CN(c1ccc(Cl)cc1)C1CC[C@@]2(O)[C@H]3Cc4ccc(O)c5c4[C@@]2(CCN3CCc2ccccc2)[C@H]1O5. The van der Waals surface area contributed by atoms with Crippen molar-refractivity contribution >= 4 is 17.3 Å². The highest BCUT2D eigenvalue weighted by atomic mass is 35.5. The Kier molecular flexibility index (Phi) is 5.30. The van der Waals surface area contributed by atoms with E-state index in [0.717, 1.165) is 50.0 Å². The summed E-state index contributed by atoms with van der Waals surface area (Å²) in [4.78, 5) is 4.80. The van der Waals surface area contributed by atoms with Gasteiger partial charge in [0.25, 0.3) is 0 Å². The lowest BCUT2D eigenvalue weighted by molar-refractivity contribution is -0.188. The molecule has 3 aromatic carbocycles. The quantitative estimate of drug-likeness (QED) is 0.502. The molecule has 0 radical (unpaired) electrons. The normalized spacial score (nSPS) is 31.5. The summed E-state index contributed by atoms with van der Waals surface area (Å²) in [6.07, 6.45) is 3.84. The van der Waals surface area contributed by atoms with Crippen molar-refractivity contribution in [3.05, 3.63) is 88.4 Å². The van der Waals surface area contributed by atoms with Crippen molar-refractivity contribution in [2.45, 2.75) is 61.3 Å². The van der Waals surface area contributed by atoms with Gasteiger partial charge in [-0.05, 0) is 80.1 Å². The van der Waals surface area contributed by atoms with E-state index in [9.17, 15) is 10.2 Å². The molecule has 5 atom stereocenters. The second-order valence-corrected chi connectivity index (χ2v) is 11.8. The summed E-state index contributed by atoms with van der Waals surface area (Å²) in [7, 11) is 2.11. The van der Waals surface area contributed by atoms with E-state index in [1.54, 1.807) is 6.07 Å². The van der Waals surface area contributed by atoms with Crippen molar-refractivity contribution in [1.82, 2.24) is 4.90 Å². The molecule has 4 aliphatic rings. The average molecular weight is 517 g/mol. The minimum absolute atomic E-state index is 0.0286. The summed E-state index contributed by atoms with van der Waals surface area (Å²) in [6, 6.07) is 22.5. The molecule has 2 fully saturated rings. The summed E-state index contributed by atoms with van der Waals surface area (Å²) < 4.78 is 6.72. The molecule has 2 bridgehead atoms. The highest BCUT2D eigenvalue weighted by Crippen LogP contribution is 2.65. The van der Waals surface area contributed by atoms with Crippen LogP contribution in [-0.2, 0) is 18.3 Å². The zero-order valence-corrected chi connectivity index (χ0v) is 21.9. The number of aromatic hydroxyl groups is 1. The summed E-state index contributed by atoms with van der Waals surface area (Å²) in [5.41, 5.74) is 3.24. The van der Waals surface area contributed by atoms with Gasteiger partial charge in [0.15, 0.2) is 11.5 Å². The monoisotopic (exact) mass is 516 g/mol. The maximum Gasteiger partial charge on any atom is 0.165 e. The van der Waals surface area contributed by atoms with Gasteiger partial charge in [0, 0.05) is 35.9 Å². The highest BCUT2D eigenvalue weighted by molar-refractivity contribution is 6.30. The molecule has 2 aliphatic carbocycles. The molecular weight excluding hydrogens is 484 g/mol. The van der Waals surface area contributed by atoms with E-state index in [4.69, 9.17) is 16.3 Å². The largest absolute Gasteiger partial charge is 0.504 e. The van der Waals surface area contributed by atoms with Crippen LogP contribution in [0.1, 0.15) is 36.0 Å². The van der Waals surface area contributed by atoms with E-state index in [0.29, 0.717) is 17.2 Å². The van der Waals surface area contributed by atoms with Gasteiger partial charge < -0.3 is 19.8 Å². The number of aliphatic hydroxyl groups is 1. The Hall–Kier alpha value is -2.73. The Morgan fingerprint density at radius 3 is 2.62 bits per heavy atom. The van der Waals surface area contributed by atoms with Gasteiger partial charge in [0.1, 0.15) is 6.10 Å². The fourth-order valence-electron chi connectivity index (χ4n) is 8.05. The van der Waals surface area contributed by atoms with Crippen LogP contribution in [0.4, 0.5) is 5.69 Å². The van der Waals surface area contributed by atoms with E-state index < -0.39 is 11.0 Å². The molecular formula is C31H33ClN2O3. The first-order chi connectivity index (χ1) is 17.9. The average Bonchev–Trinajstić information content (AvgIpc) is 3.26. The number of rotatable bonds is 5. The molecule has 0 aromatic heterocycles. The van der Waals surface area contributed by atoms with Crippen molar-refractivity contribution < 1.29 is 14.9 Å². The Labute approximate surface area is 223 Å². The van der Waals surface area contributed by atoms with Gasteiger partial charge in [0.2, 0.25) is 0 Å². The number of likely N-dealkylation sites (tertiary alicyclic amines) is 1. The van der Waals surface area contributed by atoms with Crippen LogP contribution in [0, 0.1) is 0 Å². The number of piperidine rings is 1. The molecule has 192 valence electrons. The number of hydrogen-bond acceptors (Lipinski definition) is 5. The second kappa shape index (κ2) is 8.39. The number of likely N-dealkylation sites (N-methyl/N-ethyl adjacent to an activating group) is 1. The molecule has 1 unspecified atom stereocenters. The van der Waals surface area contributed by atoms with Crippen LogP contribution >= 0.6 is 11.6 Å². The molecule has 2 N–H and O–H groups in total. The zero-order valence-electron chi connectivity index (χ0n) is 21.1. The third kappa shape index (κ3) is 3.24. The van der Waals surface area contributed by atoms with Crippen LogP contribution in [-0.4, -0.2) is 59.0 Å². The second-order valence-electron chi connectivity index (χ2n) is 11.3. The van der Waals surface area contributed by atoms with Crippen LogP contribution < -0.4 is 9.64 Å². The van der Waals surface area contributed by atoms with Gasteiger partial charge in [-0.2, -0.15) is 0 Å². The van der Waals surface area contributed by atoms with Gasteiger partial charge in [-0.1, -0.05) is 48.0 Å². The van der Waals surface area contributed by atoms with Gasteiger partial charge in [-0.15, -0.1) is 0 Å². The number of phenolic OH excluding ortho intramolecular Hbond substituents is 1. The number of phenols is 1. The van der Waals surface area contributed by atoms with Gasteiger partial charge in [0.05, 0.1) is 17.1 Å². The number of halogens is 1. The summed E-state index contributed by atoms with van der Waals surface area (Å²) in [5, 5.41) is 24.3. The van der Waals surface area contributed by atoms with Gasteiger partial charge >= 0.3 is 0 Å². The molecule has 1 spiro atoms. The minimum atomic E-state index is -0.907. The van der Waals surface area contributed by atoms with Crippen LogP contribution in [0.15, 0.2) is 66.7 Å². The Balaban J connectivity index is 1.28. The molecule has 37 heavy (non-hydrogen) atoms. The van der Waals surface area contributed by atoms with E-state index in [-0.39, 0.29) is 23.9 Å². The molecule has 2 heterocycles. The number of nitrogens with zero attached hydrogens (tertiary/aromatic N) is 2. The fraction of sp³-hybridized carbons (Fsp3) is 0.419. The number of ether oxygens (including phenoxy) is 1. The van der Waals surface area contributed by atoms with Crippen LogP contribution in [0.5, 0.6) is 11.5 Å². The maximum absolute atomic E-state index is 12.7. The lowest BCUT2D eigenvalue weighted by Crippen LogP contribution is -2.78. The van der Waals surface area contributed by atoms with E-state index in [1.807, 2.05) is 24.3 Å². The van der Waals surface area contributed by atoms with Crippen molar-refractivity contribution in [2.75, 3.05) is 25.0 Å². The van der Waals surface area contributed by atoms with Crippen molar-refractivity contribution in [3.8, 4) is 11.5 Å². The third-order valence-electron chi connectivity index (χ3n) is 9.80. The first-order valence-electron chi connectivity index (χ1n) is 13.4. The Morgan fingerprint density at radius 2 is 1.84 bits per heavy atom. The van der Waals surface area contributed by atoms with E-state index in [1.165, 1.54) is 11.1 Å². The van der Waals surface area contributed by atoms with Gasteiger partial charge in [-0.3, -0.25) is 4.90 Å². The third-order valence-corrected chi connectivity index (χ3v) is 10.1. The molecule has 2 aliphatic heterocycles. The molecule has 7 rings (SSSR count). The van der Waals surface area contributed by atoms with Crippen molar-refractivity contribution in [2.24, 2.45) is 0 Å². The first kappa shape index (κ1) is 23.4. The Bertz CT molecular complexity index is 1330. The van der Waals surface area contributed by atoms with Crippen molar-refractivity contribution in [1.29, 1.82) is 0 Å². The summed E-state index contributed by atoms with van der Waals surface area (Å²) in [5.74, 6) is 0.774. The van der Waals surface area contributed by atoms with Crippen LogP contribution in [0.25, 0.3) is 0 Å². The standard InChI is InChI=1S/C31H33ClN2O3/c1-33(23-10-8-22(32)9-11-23)24-13-15-31(36)26-19-21-7-12-25(35)28-27(21)30(31,29(24)37-28)16-18-34(26)17-14-20-5-3-2-4-6-20/h2-12,24,26,29,35-36H,13-19H2,1H3/t24?,26-,29+,30+,31-/m1/s1. The minimum Gasteiger partial charge on any atom is -0.504 e. The highest BCUT2D eigenvalue weighted by Gasteiger charge is 2.73. The number of anilines is 1. The van der Waals surface area contributed by atoms with E-state index in [2.05, 4.69) is 53.2 Å². The Morgan fingerprint density at radius 1 is 1.05 bits per heavy atom. The smallest absolute Gasteiger partial charge is 0.165 e. The van der Waals surface area contributed by atoms with E-state index >= 15 is 0 Å². The maximum atomic E-state index is 12.7. The first-order valence-corrected chi connectivity index (χ1v) is 13.8. The predicted molar refractivity (Wildman–Crippen MR) is 146 cm³/mol. The number of benzene rings is 3. The zero-order chi connectivity index (χ0) is 25.4. The molecule has 3 aromatic rings. The molecule has 1 saturated carbocycles. The lowest BCUT2D eigenvalue weighted by atomic mass is 9.48. The van der Waals surface area contributed by atoms with Crippen molar-refractivity contribution in [3.63, 3.8) is 0 Å². The summed E-state index contributed by atoms with van der Waals surface area (Å²) >= 11 is 6.17. The molecule has 0 amide bonds.